The van der Waals surface area contributed by atoms with Gasteiger partial charge in [-0.1, -0.05) is 18.2 Å². The molecule has 7 nitrogen and oxygen atoms in total. The number of benzene rings is 3. The first-order chi connectivity index (χ1) is 17.9. The van der Waals surface area contributed by atoms with Gasteiger partial charge in [0.05, 0.1) is 17.5 Å². The number of aromatic nitrogens is 1. The van der Waals surface area contributed by atoms with Crippen LogP contribution in [0.5, 0.6) is 0 Å². The number of H-pyrrole nitrogens is 1. The van der Waals surface area contributed by atoms with Gasteiger partial charge in [0.2, 0.25) is 17.7 Å². The molecular weight excluding hydrogens is 478 g/mol. The molecule has 9 heteroatoms. The van der Waals surface area contributed by atoms with Crippen molar-refractivity contribution in [2.75, 3.05) is 10.2 Å². The van der Waals surface area contributed by atoms with Crippen LogP contribution in [0, 0.1) is 23.5 Å². The molecule has 1 spiro atoms. The molecule has 0 aliphatic carbocycles. The first-order valence-corrected chi connectivity index (χ1v) is 12.0. The summed E-state index contributed by atoms with van der Waals surface area (Å²) in [5.74, 6) is -4.63. The molecule has 3 aliphatic rings. The van der Waals surface area contributed by atoms with Crippen molar-refractivity contribution in [3.63, 3.8) is 0 Å². The van der Waals surface area contributed by atoms with Crippen LogP contribution in [0.1, 0.15) is 11.1 Å². The number of fused-ring (bicyclic) bond motifs is 5. The van der Waals surface area contributed by atoms with E-state index in [0.29, 0.717) is 17.7 Å². The van der Waals surface area contributed by atoms with Gasteiger partial charge in [0, 0.05) is 34.4 Å². The lowest BCUT2D eigenvalue weighted by Crippen LogP contribution is -2.53. The summed E-state index contributed by atoms with van der Waals surface area (Å²) in [6, 6.07) is 16.1. The normalized spacial score (nSPS) is 26.3. The van der Waals surface area contributed by atoms with E-state index in [4.69, 9.17) is 0 Å². The number of carbonyl (C=O) groups is 3. The van der Waals surface area contributed by atoms with E-state index < -0.39 is 52.8 Å². The highest BCUT2D eigenvalue weighted by atomic mass is 19.1. The summed E-state index contributed by atoms with van der Waals surface area (Å²) in [6.07, 6.45) is 2.20. The summed E-state index contributed by atoms with van der Waals surface area (Å²) in [7, 11) is 0. The quantitative estimate of drug-likeness (QED) is 0.376. The minimum absolute atomic E-state index is 0.227. The summed E-state index contributed by atoms with van der Waals surface area (Å²) in [5, 5.41) is 7.06. The van der Waals surface area contributed by atoms with Gasteiger partial charge < -0.3 is 10.3 Å². The van der Waals surface area contributed by atoms with Crippen LogP contribution in [-0.2, 0) is 26.3 Å². The van der Waals surface area contributed by atoms with Gasteiger partial charge in [0.1, 0.15) is 17.2 Å². The monoisotopic (exact) mass is 498 g/mol. The first kappa shape index (κ1) is 21.9. The van der Waals surface area contributed by atoms with Crippen molar-refractivity contribution in [1.82, 2.24) is 10.3 Å². The lowest BCUT2D eigenvalue weighted by Gasteiger charge is -2.29. The van der Waals surface area contributed by atoms with Crippen LogP contribution in [0.4, 0.5) is 20.2 Å². The van der Waals surface area contributed by atoms with Gasteiger partial charge in [0.15, 0.2) is 0 Å². The van der Waals surface area contributed by atoms with Crippen molar-refractivity contribution < 1.29 is 23.2 Å². The van der Waals surface area contributed by atoms with E-state index in [1.807, 2.05) is 30.5 Å². The Kier molecular flexibility index (Phi) is 4.47. The van der Waals surface area contributed by atoms with Crippen molar-refractivity contribution in [3.05, 3.63) is 95.7 Å². The third-order valence-corrected chi connectivity index (χ3v) is 7.88. The van der Waals surface area contributed by atoms with Crippen LogP contribution in [0.15, 0.2) is 72.9 Å². The first-order valence-electron chi connectivity index (χ1n) is 12.0. The maximum absolute atomic E-state index is 14.4. The maximum atomic E-state index is 14.4. The lowest BCUT2D eigenvalue weighted by molar-refractivity contribution is -0.130. The number of rotatable bonds is 3. The minimum atomic E-state index is -1.62. The molecule has 3 N–H and O–H groups in total. The molecule has 1 aromatic heterocycles. The Morgan fingerprint density at radius 3 is 2.46 bits per heavy atom. The molecule has 4 heterocycles. The van der Waals surface area contributed by atoms with Gasteiger partial charge in [-0.2, -0.15) is 0 Å². The molecule has 0 bridgehead atoms. The number of carbonyl (C=O) groups excluding carboxylic acids is 3. The molecule has 0 saturated carbocycles. The van der Waals surface area contributed by atoms with Gasteiger partial charge in [-0.3, -0.25) is 19.7 Å². The highest BCUT2D eigenvalue weighted by Crippen LogP contribution is 2.54. The second-order valence-electron chi connectivity index (χ2n) is 9.76. The summed E-state index contributed by atoms with van der Waals surface area (Å²) in [6.45, 7) is 0. The van der Waals surface area contributed by atoms with E-state index >= 15 is 0 Å². The number of para-hydroxylation sites is 1. The lowest BCUT2D eigenvalue weighted by atomic mass is 9.76. The maximum Gasteiger partial charge on any atom is 0.250 e. The van der Waals surface area contributed by atoms with Crippen molar-refractivity contribution in [2.24, 2.45) is 11.8 Å². The third-order valence-electron chi connectivity index (χ3n) is 7.88. The number of nitrogens with one attached hydrogen (secondary N) is 3. The predicted molar refractivity (Wildman–Crippen MR) is 132 cm³/mol. The molecule has 184 valence electrons. The van der Waals surface area contributed by atoms with E-state index in [1.54, 1.807) is 0 Å². The second kappa shape index (κ2) is 7.57. The third kappa shape index (κ3) is 2.91. The van der Waals surface area contributed by atoms with Crippen molar-refractivity contribution in [1.29, 1.82) is 0 Å². The fourth-order valence-corrected chi connectivity index (χ4v) is 6.33. The molecule has 37 heavy (non-hydrogen) atoms. The average Bonchev–Trinajstić information content (AvgIpc) is 3.59. The number of aromatic amines is 1. The number of imide groups is 1. The largest absolute Gasteiger partial charge is 0.361 e. The number of hydrogen-bond acceptors (Lipinski definition) is 4. The molecule has 3 amide bonds. The molecule has 3 aromatic carbocycles. The van der Waals surface area contributed by atoms with Gasteiger partial charge in [-0.15, -0.1) is 0 Å². The molecule has 3 aliphatic heterocycles. The Balaban J connectivity index is 1.38. The van der Waals surface area contributed by atoms with Crippen molar-refractivity contribution >= 4 is 40.0 Å². The molecule has 4 aromatic rings. The Hall–Kier alpha value is -4.37. The number of amides is 3. The van der Waals surface area contributed by atoms with Crippen LogP contribution in [0.3, 0.4) is 0 Å². The molecule has 4 atom stereocenters. The van der Waals surface area contributed by atoms with E-state index in [-0.39, 0.29) is 5.69 Å². The summed E-state index contributed by atoms with van der Waals surface area (Å²) < 4.78 is 28.0. The number of nitrogens with zero attached hydrogens (tertiary/aromatic N) is 1. The average molecular weight is 498 g/mol. The van der Waals surface area contributed by atoms with Gasteiger partial charge in [-0.25, -0.2) is 13.7 Å². The number of hydrogen-bond donors (Lipinski definition) is 3. The molecule has 2 saturated heterocycles. The molecule has 2 fully saturated rings. The van der Waals surface area contributed by atoms with E-state index in [0.717, 1.165) is 21.4 Å². The zero-order valence-corrected chi connectivity index (χ0v) is 19.3. The predicted octanol–water partition coefficient (Wildman–Crippen LogP) is 3.61. The highest BCUT2D eigenvalue weighted by Gasteiger charge is 2.70. The van der Waals surface area contributed by atoms with Crippen molar-refractivity contribution in [3.8, 4) is 0 Å². The van der Waals surface area contributed by atoms with Gasteiger partial charge in [0.25, 0.3) is 0 Å². The topological polar surface area (TPSA) is 94.3 Å². The summed E-state index contributed by atoms with van der Waals surface area (Å²) in [5.41, 5.74) is 1.14. The summed E-state index contributed by atoms with van der Waals surface area (Å²) >= 11 is 0. The van der Waals surface area contributed by atoms with Gasteiger partial charge >= 0.3 is 0 Å². The Morgan fingerprint density at radius 1 is 0.892 bits per heavy atom. The van der Waals surface area contributed by atoms with Crippen LogP contribution in [-0.4, -0.2) is 28.7 Å². The van der Waals surface area contributed by atoms with E-state index in [1.165, 1.54) is 42.5 Å². The smallest absolute Gasteiger partial charge is 0.250 e. The van der Waals surface area contributed by atoms with Crippen LogP contribution >= 0.6 is 0 Å². The summed E-state index contributed by atoms with van der Waals surface area (Å²) in [4.78, 5) is 45.6. The Labute approximate surface area is 209 Å². The minimum Gasteiger partial charge on any atom is -0.361 e. The number of anilines is 2. The van der Waals surface area contributed by atoms with E-state index in [2.05, 4.69) is 15.6 Å². The van der Waals surface area contributed by atoms with Crippen LogP contribution in [0.2, 0.25) is 0 Å². The second-order valence-corrected chi connectivity index (χ2v) is 9.76. The van der Waals surface area contributed by atoms with Crippen LogP contribution < -0.4 is 15.5 Å². The Bertz CT molecular complexity index is 1630. The Morgan fingerprint density at radius 2 is 1.65 bits per heavy atom. The fourth-order valence-electron chi connectivity index (χ4n) is 6.33. The highest BCUT2D eigenvalue weighted by molar-refractivity contribution is 6.25. The van der Waals surface area contributed by atoms with E-state index in [9.17, 15) is 23.2 Å². The van der Waals surface area contributed by atoms with Crippen molar-refractivity contribution in [2.45, 2.75) is 18.0 Å². The zero-order valence-electron chi connectivity index (χ0n) is 19.3. The van der Waals surface area contributed by atoms with Crippen LogP contribution in [0.25, 0.3) is 10.9 Å². The molecule has 7 rings (SSSR count). The molecular formula is C28H20F2N4O3. The molecule has 0 radical (unpaired) electrons. The standard InChI is InChI=1S/C28H20F2N4O3/c29-15-5-8-17(9-6-15)34-25(35)23-22(11-14-13-31-20-4-2-1-3-18(14)20)33-28(24(23)26(34)36)19-12-16(30)7-10-21(19)32-27(28)37/h1-10,12-13,22-24,31,33H,11H2,(H,32,37)/t22-,23+,24+,28+/m0/s1. The van der Waals surface area contributed by atoms with Gasteiger partial charge in [-0.05, 0) is 60.5 Å². The zero-order chi connectivity index (χ0) is 25.5. The molecule has 0 unspecified atom stereocenters. The SMILES string of the molecule is O=C1[C@@H]2[C@H](Cc3c[nH]c4ccccc34)N[C@@]3(C(=O)Nc4ccc(F)cc43)[C@H]2C(=O)N1c1ccc(F)cc1. The fraction of sp³-hybridized carbons (Fsp3) is 0.179. The number of halogens is 2.